The first-order chi connectivity index (χ1) is 12.3. The highest BCUT2D eigenvalue weighted by molar-refractivity contribution is 7.89. The molecule has 0 saturated heterocycles. The van der Waals surface area contributed by atoms with Gasteiger partial charge in [-0.05, 0) is 55.7 Å². The van der Waals surface area contributed by atoms with E-state index < -0.39 is 10.0 Å². The molecule has 0 aliphatic rings. The molecule has 26 heavy (non-hydrogen) atoms. The molecule has 0 heterocycles. The average molecular weight is 375 g/mol. The normalized spacial score (nSPS) is 11.6. The van der Waals surface area contributed by atoms with E-state index in [2.05, 4.69) is 5.32 Å². The molecule has 0 fully saturated rings. The SMILES string of the molecule is CCCCN(C)S(=O)(=O)c1cccc(C(=O)Nc2cccc(C)c2C)c1. The van der Waals surface area contributed by atoms with Gasteiger partial charge in [-0.25, -0.2) is 12.7 Å². The van der Waals surface area contributed by atoms with Crippen molar-refractivity contribution in [2.45, 2.75) is 38.5 Å². The maximum Gasteiger partial charge on any atom is 0.255 e. The average Bonchev–Trinajstić information content (AvgIpc) is 2.63. The van der Waals surface area contributed by atoms with E-state index in [1.54, 1.807) is 19.2 Å². The molecule has 0 radical (unpaired) electrons. The molecule has 140 valence electrons. The van der Waals surface area contributed by atoms with Crippen molar-refractivity contribution in [2.24, 2.45) is 0 Å². The fourth-order valence-corrected chi connectivity index (χ4v) is 3.82. The maximum atomic E-state index is 12.7. The number of amides is 1. The van der Waals surface area contributed by atoms with Crippen LogP contribution in [0.3, 0.4) is 0 Å². The van der Waals surface area contributed by atoms with Gasteiger partial charge in [0.05, 0.1) is 4.90 Å². The molecule has 5 nitrogen and oxygen atoms in total. The van der Waals surface area contributed by atoms with Crippen LogP contribution >= 0.6 is 0 Å². The number of hydrogen-bond acceptors (Lipinski definition) is 3. The van der Waals surface area contributed by atoms with E-state index >= 15 is 0 Å². The first-order valence-corrected chi connectivity index (χ1v) is 10.2. The van der Waals surface area contributed by atoms with E-state index in [1.807, 2.05) is 39.0 Å². The third kappa shape index (κ3) is 4.51. The molecular weight excluding hydrogens is 348 g/mol. The zero-order chi connectivity index (χ0) is 19.3. The summed E-state index contributed by atoms with van der Waals surface area (Å²) in [5, 5.41) is 2.86. The molecule has 0 aliphatic heterocycles. The minimum atomic E-state index is -3.60. The van der Waals surface area contributed by atoms with Crippen LogP contribution in [0.2, 0.25) is 0 Å². The van der Waals surface area contributed by atoms with E-state index in [9.17, 15) is 13.2 Å². The van der Waals surface area contributed by atoms with Gasteiger partial charge in [-0.2, -0.15) is 0 Å². The Kier molecular flexibility index (Phi) is 6.56. The number of benzene rings is 2. The number of nitrogens with zero attached hydrogens (tertiary/aromatic N) is 1. The number of anilines is 1. The summed E-state index contributed by atoms with van der Waals surface area (Å²) < 4.78 is 26.7. The lowest BCUT2D eigenvalue weighted by Crippen LogP contribution is -2.28. The summed E-state index contributed by atoms with van der Waals surface area (Å²) in [5.41, 5.74) is 3.11. The Bertz CT molecular complexity index is 892. The number of carbonyl (C=O) groups excluding carboxylic acids is 1. The third-order valence-electron chi connectivity index (χ3n) is 4.48. The van der Waals surface area contributed by atoms with Crippen LogP contribution in [0.5, 0.6) is 0 Å². The van der Waals surface area contributed by atoms with Gasteiger partial charge in [0.1, 0.15) is 0 Å². The van der Waals surface area contributed by atoms with Gasteiger partial charge in [0.2, 0.25) is 10.0 Å². The second-order valence-electron chi connectivity index (χ2n) is 6.41. The first-order valence-electron chi connectivity index (χ1n) is 8.71. The lowest BCUT2D eigenvalue weighted by atomic mass is 10.1. The molecule has 2 aromatic carbocycles. The van der Waals surface area contributed by atoms with Crippen LogP contribution in [0.4, 0.5) is 5.69 Å². The highest BCUT2D eigenvalue weighted by Crippen LogP contribution is 2.21. The lowest BCUT2D eigenvalue weighted by Gasteiger charge is -2.17. The predicted octanol–water partition coefficient (Wildman–Crippen LogP) is 3.98. The van der Waals surface area contributed by atoms with Crippen LogP contribution in [0.25, 0.3) is 0 Å². The van der Waals surface area contributed by atoms with Gasteiger partial charge in [0.25, 0.3) is 5.91 Å². The number of aryl methyl sites for hydroxylation is 1. The van der Waals surface area contributed by atoms with Crippen LogP contribution in [0.1, 0.15) is 41.3 Å². The summed E-state index contributed by atoms with van der Waals surface area (Å²) in [7, 11) is -2.04. The highest BCUT2D eigenvalue weighted by atomic mass is 32.2. The molecule has 1 N–H and O–H groups in total. The topological polar surface area (TPSA) is 66.5 Å². The monoisotopic (exact) mass is 374 g/mol. The summed E-state index contributed by atoms with van der Waals surface area (Å²) in [5.74, 6) is -0.327. The van der Waals surface area contributed by atoms with Crippen LogP contribution in [0, 0.1) is 13.8 Å². The summed E-state index contributed by atoms with van der Waals surface area (Å²) in [6.07, 6.45) is 1.71. The van der Waals surface area contributed by atoms with Crippen molar-refractivity contribution >= 4 is 21.6 Å². The third-order valence-corrected chi connectivity index (χ3v) is 6.34. The molecule has 0 aromatic heterocycles. The summed E-state index contributed by atoms with van der Waals surface area (Å²) in [6, 6.07) is 11.8. The van der Waals surface area contributed by atoms with Gasteiger partial charge in [-0.1, -0.05) is 31.5 Å². The second-order valence-corrected chi connectivity index (χ2v) is 8.45. The minimum Gasteiger partial charge on any atom is -0.322 e. The number of nitrogens with one attached hydrogen (secondary N) is 1. The standard InChI is InChI=1S/C20H26N2O3S/c1-5-6-13-22(4)26(24,25)18-11-8-10-17(14-18)20(23)21-19-12-7-9-15(2)16(19)3/h7-12,14H,5-6,13H2,1-4H3,(H,21,23). The summed E-state index contributed by atoms with van der Waals surface area (Å²) in [6.45, 7) is 6.38. The largest absolute Gasteiger partial charge is 0.322 e. The smallest absolute Gasteiger partial charge is 0.255 e. The molecule has 0 spiro atoms. The molecular formula is C20H26N2O3S. The van der Waals surface area contributed by atoms with E-state index in [4.69, 9.17) is 0 Å². The molecule has 0 unspecified atom stereocenters. The van der Waals surface area contributed by atoms with Crippen LogP contribution in [0.15, 0.2) is 47.4 Å². The first kappa shape index (κ1) is 20.1. The van der Waals surface area contributed by atoms with E-state index in [1.165, 1.54) is 16.4 Å². The molecule has 2 rings (SSSR count). The molecule has 1 amide bonds. The molecule has 0 atom stereocenters. The van der Waals surface area contributed by atoms with E-state index in [-0.39, 0.29) is 10.8 Å². The summed E-state index contributed by atoms with van der Waals surface area (Å²) >= 11 is 0. The van der Waals surface area contributed by atoms with Crippen LogP contribution in [-0.4, -0.2) is 32.2 Å². The number of sulfonamides is 1. The van der Waals surface area contributed by atoms with Gasteiger partial charge >= 0.3 is 0 Å². The van der Waals surface area contributed by atoms with Crippen molar-refractivity contribution < 1.29 is 13.2 Å². The van der Waals surface area contributed by atoms with E-state index in [0.29, 0.717) is 12.1 Å². The molecule has 0 aliphatic carbocycles. The Morgan fingerprint density at radius 3 is 2.50 bits per heavy atom. The van der Waals surface area contributed by atoms with Crippen molar-refractivity contribution in [3.63, 3.8) is 0 Å². The van der Waals surface area contributed by atoms with Gasteiger partial charge in [-0.15, -0.1) is 0 Å². The second kappa shape index (κ2) is 8.47. The fraction of sp³-hybridized carbons (Fsp3) is 0.350. The van der Waals surface area contributed by atoms with Gasteiger partial charge < -0.3 is 5.32 Å². The number of unbranched alkanes of at least 4 members (excludes halogenated alkanes) is 1. The quantitative estimate of drug-likeness (QED) is 0.797. The van der Waals surface area contributed by atoms with Crippen molar-refractivity contribution in [3.05, 3.63) is 59.2 Å². The zero-order valence-electron chi connectivity index (χ0n) is 15.7. The minimum absolute atomic E-state index is 0.129. The molecule has 6 heteroatoms. The fourth-order valence-electron chi connectivity index (χ4n) is 2.56. The molecule has 2 aromatic rings. The Morgan fingerprint density at radius 2 is 1.81 bits per heavy atom. The Labute approximate surface area is 156 Å². The van der Waals surface area contributed by atoms with Gasteiger partial charge in [0.15, 0.2) is 0 Å². The predicted molar refractivity (Wildman–Crippen MR) is 105 cm³/mol. The lowest BCUT2D eigenvalue weighted by molar-refractivity contribution is 0.102. The maximum absolute atomic E-state index is 12.7. The van der Waals surface area contributed by atoms with Crippen LogP contribution < -0.4 is 5.32 Å². The van der Waals surface area contributed by atoms with Crippen molar-refractivity contribution in [3.8, 4) is 0 Å². The van der Waals surface area contributed by atoms with Gasteiger partial charge in [-0.3, -0.25) is 4.79 Å². The van der Waals surface area contributed by atoms with Gasteiger partial charge in [0, 0.05) is 24.8 Å². The number of carbonyl (C=O) groups is 1. The Morgan fingerprint density at radius 1 is 1.12 bits per heavy atom. The van der Waals surface area contributed by atoms with E-state index in [0.717, 1.165) is 29.7 Å². The summed E-state index contributed by atoms with van der Waals surface area (Å²) in [4.78, 5) is 12.7. The number of hydrogen-bond donors (Lipinski definition) is 1. The Hall–Kier alpha value is -2.18. The van der Waals surface area contributed by atoms with Crippen molar-refractivity contribution in [2.75, 3.05) is 18.9 Å². The number of rotatable bonds is 7. The zero-order valence-corrected chi connectivity index (χ0v) is 16.6. The van der Waals surface area contributed by atoms with Crippen molar-refractivity contribution in [1.82, 2.24) is 4.31 Å². The molecule has 0 saturated carbocycles. The van der Waals surface area contributed by atoms with Crippen LogP contribution in [-0.2, 0) is 10.0 Å². The Balaban J connectivity index is 2.25. The molecule has 0 bridgehead atoms. The van der Waals surface area contributed by atoms with Crippen molar-refractivity contribution in [1.29, 1.82) is 0 Å². The highest BCUT2D eigenvalue weighted by Gasteiger charge is 2.21.